The van der Waals surface area contributed by atoms with Gasteiger partial charge in [0.15, 0.2) is 11.5 Å². The lowest BCUT2D eigenvalue weighted by molar-refractivity contribution is -0.384. The summed E-state index contributed by atoms with van der Waals surface area (Å²) in [5, 5.41) is 21.0. The van der Waals surface area contributed by atoms with Crippen LogP contribution in [-0.4, -0.2) is 11.5 Å². The minimum atomic E-state index is -0.477. The first kappa shape index (κ1) is 21.9. The van der Waals surface area contributed by atoms with Crippen molar-refractivity contribution in [2.24, 2.45) is 0 Å². The number of hydrogen-bond donors (Lipinski definition) is 0. The van der Waals surface area contributed by atoms with Crippen LogP contribution in [0, 0.1) is 21.4 Å². The molecule has 7 heteroatoms. The lowest BCUT2D eigenvalue weighted by atomic mass is 10.0. The third-order valence-corrected chi connectivity index (χ3v) is 4.80. The van der Waals surface area contributed by atoms with Crippen molar-refractivity contribution in [2.75, 3.05) is 6.61 Å². The van der Waals surface area contributed by atoms with E-state index in [9.17, 15) is 15.4 Å². The van der Waals surface area contributed by atoms with Crippen molar-refractivity contribution in [3.8, 4) is 17.6 Å². The predicted octanol–water partition coefficient (Wildman–Crippen LogP) is 6.29. The van der Waals surface area contributed by atoms with Gasteiger partial charge in [-0.1, -0.05) is 35.9 Å². The Bertz CT molecular complexity index is 1150. The highest BCUT2D eigenvalue weighted by atomic mass is 35.5. The summed E-state index contributed by atoms with van der Waals surface area (Å²) in [5.41, 5.74) is 2.54. The van der Waals surface area contributed by atoms with E-state index in [0.717, 1.165) is 11.1 Å². The highest BCUT2D eigenvalue weighted by Crippen LogP contribution is 2.31. The Morgan fingerprint density at radius 2 is 1.84 bits per heavy atom. The van der Waals surface area contributed by atoms with Gasteiger partial charge in [-0.25, -0.2) is 0 Å². The lowest BCUT2D eigenvalue weighted by Gasteiger charge is -2.13. The van der Waals surface area contributed by atoms with E-state index >= 15 is 0 Å². The molecule has 0 aliphatic rings. The van der Waals surface area contributed by atoms with Crippen molar-refractivity contribution in [1.29, 1.82) is 5.26 Å². The maximum atomic E-state index is 10.8. The van der Waals surface area contributed by atoms with Crippen molar-refractivity contribution in [3.63, 3.8) is 0 Å². The average molecular weight is 435 g/mol. The molecule has 0 aliphatic heterocycles. The number of hydrogen-bond acceptors (Lipinski definition) is 5. The normalized spacial score (nSPS) is 10.9. The highest BCUT2D eigenvalue weighted by molar-refractivity contribution is 6.31. The second kappa shape index (κ2) is 10.3. The van der Waals surface area contributed by atoms with Gasteiger partial charge in [-0.2, -0.15) is 5.26 Å². The van der Waals surface area contributed by atoms with Gasteiger partial charge in [0.1, 0.15) is 6.61 Å². The molecule has 3 aromatic carbocycles. The molecule has 0 N–H and O–H groups in total. The Hall–Kier alpha value is -3.82. The van der Waals surface area contributed by atoms with Gasteiger partial charge in [-0.15, -0.1) is 0 Å². The third kappa shape index (κ3) is 5.62. The van der Waals surface area contributed by atoms with Crippen LogP contribution in [-0.2, 0) is 6.61 Å². The van der Waals surface area contributed by atoms with Crippen molar-refractivity contribution >= 4 is 28.9 Å². The van der Waals surface area contributed by atoms with Gasteiger partial charge in [-0.05, 0) is 54.5 Å². The molecule has 0 bridgehead atoms. The Kier molecular flexibility index (Phi) is 7.26. The Morgan fingerprint density at radius 1 is 1.10 bits per heavy atom. The number of halogens is 1. The number of allylic oxidation sites excluding steroid dienone is 1. The van der Waals surface area contributed by atoms with Gasteiger partial charge in [0, 0.05) is 22.7 Å². The average Bonchev–Trinajstić information content (AvgIpc) is 2.78. The molecule has 0 saturated carbocycles. The van der Waals surface area contributed by atoms with Gasteiger partial charge in [0.25, 0.3) is 5.69 Å². The number of nitro groups is 1. The fourth-order valence-electron chi connectivity index (χ4n) is 2.88. The number of nitrogens with zero attached hydrogens (tertiary/aromatic N) is 2. The third-order valence-electron chi connectivity index (χ3n) is 4.43. The molecule has 0 saturated heterocycles. The summed E-state index contributed by atoms with van der Waals surface area (Å²) in [6.07, 6.45) is 1.70. The standard InChI is InChI=1S/C24H19ClN2O4/c1-2-30-24-14-17(7-12-23(24)31-16-19-5-3-4-6-22(19)25)13-20(15-26)18-8-10-21(11-9-18)27(28)29/h3-14H,2,16H2,1H3/b20-13+. The van der Waals surface area contributed by atoms with Crippen LogP contribution in [0.1, 0.15) is 23.6 Å². The molecule has 0 fully saturated rings. The van der Waals surface area contributed by atoms with Crippen LogP contribution in [0.4, 0.5) is 5.69 Å². The molecular formula is C24H19ClN2O4. The number of non-ortho nitro benzene ring substituents is 1. The molecule has 0 spiro atoms. The van der Waals surface area contributed by atoms with Gasteiger partial charge in [0.05, 0.1) is 23.2 Å². The monoisotopic (exact) mass is 434 g/mol. The van der Waals surface area contributed by atoms with E-state index in [-0.39, 0.29) is 5.69 Å². The number of rotatable bonds is 8. The van der Waals surface area contributed by atoms with E-state index in [4.69, 9.17) is 21.1 Å². The highest BCUT2D eigenvalue weighted by Gasteiger charge is 2.10. The number of nitro benzene ring substituents is 1. The summed E-state index contributed by atoms with van der Waals surface area (Å²) in [5.74, 6) is 1.11. The fourth-order valence-corrected chi connectivity index (χ4v) is 3.07. The summed E-state index contributed by atoms with van der Waals surface area (Å²) in [6, 6.07) is 20.8. The van der Waals surface area contributed by atoms with Crippen molar-refractivity contribution in [1.82, 2.24) is 0 Å². The van der Waals surface area contributed by atoms with Gasteiger partial charge >= 0.3 is 0 Å². The first-order chi connectivity index (χ1) is 15.0. The second-order valence-corrected chi connectivity index (χ2v) is 6.90. The van der Waals surface area contributed by atoms with E-state index < -0.39 is 4.92 Å². The van der Waals surface area contributed by atoms with E-state index in [1.54, 1.807) is 36.4 Å². The largest absolute Gasteiger partial charge is 0.490 e. The van der Waals surface area contributed by atoms with Crippen molar-refractivity contribution in [2.45, 2.75) is 13.5 Å². The van der Waals surface area contributed by atoms with Gasteiger partial charge in [0.2, 0.25) is 0 Å². The van der Waals surface area contributed by atoms with Gasteiger partial charge < -0.3 is 9.47 Å². The molecular weight excluding hydrogens is 416 g/mol. The molecule has 0 aromatic heterocycles. The zero-order valence-electron chi connectivity index (χ0n) is 16.7. The number of benzene rings is 3. The summed E-state index contributed by atoms with van der Waals surface area (Å²) in [4.78, 5) is 10.4. The van der Waals surface area contributed by atoms with Crippen molar-refractivity contribution in [3.05, 3.63) is 98.6 Å². The van der Waals surface area contributed by atoms with Crippen LogP contribution < -0.4 is 9.47 Å². The maximum Gasteiger partial charge on any atom is 0.269 e. The predicted molar refractivity (Wildman–Crippen MR) is 120 cm³/mol. The molecule has 0 heterocycles. The summed E-state index contributed by atoms with van der Waals surface area (Å²) in [7, 11) is 0. The topological polar surface area (TPSA) is 85.4 Å². The maximum absolute atomic E-state index is 10.8. The van der Waals surface area contributed by atoms with Crippen LogP contribution in [0.25, 0.3) is 11.6 Å². The fraction of sp³-hybridized carbons (Fsp3) is 0.125. The quantitative estimate of drug-likeness (QED) is 0.180. The van der Waals surface area contributed by atoms with E-state index in [0.29, 0.717) is 40.9 Å². The van der Waals surface area contributed by atoms with Crippen LogP contribution in [0.5, 0.6) is 11.5 Å². The lowest BCUT2D eigenvalue weighted by Crippen LogP contribution is -2.00. The molecule has 0 radical (unpaired) electrons. The molecule has 3 aromatic rings. The zero-order valence-corrected chi connectivity index (χ0v) is 17.5. The smallest absolute Gasteiger partial charge is 0.269 e. The molecule has 31 heavy (non-hydrogen) atoms. The Balaban J connectivity index is 1.85. The van der Waals surface area contributed by atoms with Gasteiger partial charge in [-0.3, -0.25) is 10.1 Å². The van der Waals surface area contributed by atoms with E-state index in [1.807, 2.05) is 31.2 Å². The summed E-state index contributed by atoms with van der Waals surface area (Å²) >= 11 is 6.19. The van der Waals surface area contributed by atoms with E-state index in [1.165, 1.54) is 12.1 Å². The Labute approximate surface area is 185 Å². The molecule has 156 valence electrons. The minimum Gasteiger partial charge on any atom is -0.490 e. The molecule has 0 amide bonds. The van der Waals surface area contributed by atoms with Crippen LogP contribution in [0.2, 0.25) is 5.02 Å². The Morgan fingerprint density at radius 3 is 2.48 bits per heavy atom. The zero-order chi connectivity index (χ0) is 22.2. The molecule has 0 unspecified atom stereocenters. The molecule has 0 aliphatic carbocycles. The van der Waals surface area contributed by atoms with Crippen LogP contribution >= 0.6 is 11.6 Å². The van der Waals surface area contributed by atoms with E-state index in [2.05, 4.69) is 6.07 Å². The molecule has 3 rings (SSSR count). The molecule has 6 nitrogen and oxygen atoms in total. The number of ether oxygens (including phenoxy) is 2. The van der Waals surface area contributed by atoms with Crippen molar-refractivity contribution < 1.29 is 14.4 Å². The summed E-state index contributed by atoms with van der Waals surface area (Å²) in [6.45, 7) is 2.61. The first-order valence-corrected chi connectivity index (χ1v) is 9.89. The van der Waals surface area contributed by atoms with Crippen LogP contribution in [0.15, 0.2) is 66.7 Å². The SMILES string of the molecule is CCOc1cc(/C=C(\C#N)c2ccc([N+](=O)[O-])cc2)ccc1OCc1ccccc1Cl. The minimum absolute atomic E-state index is 0.0281. The summed E-state index contributed by atoms with van der Waals surface area (Å²) < 4.78 is 11.6. The number of nitriles is 1. The van der Waals surface area contributed by atoms with Crippen LogP contribution in [0.3, 0.4) is 0 Å². The first-order valence-electron chi connectivity index (χ1n) is 9.51. The molecule has 0 atom stereocenters. The second-order valence-electron chi connectivity index (χ2n) is 6.49.